The van der Waals surface area contributed by atoms with Gasteiger partial charge in [-0.05, 0) is 80.0 Å². The molecule has 4 aliphatic rings. The number of aryl methyl sites for hydroxylation is 1. The van der Waals surface area contributed by atoms with Crippen molar-refractivity contribution in [2.75, 3.05) is 57.9 Å². The molecule has 0 saturated carbocycles. The zero-order valence-electron chi connectivity index (χ0n) is 40.0. The number of halogens is 1. The van der Waals surface area contributed by atoms with E-state index in [9.17, 15) is 24.0 Å². The second kappa shape index (κ2) is 19.9. The normalized spacial score (nSPS) is 23.0. The number of piperidine rings is 1. The molecule has 2 N–H and O–H groups in total. The van der Waals surface area contributed by atoms with Crippen LogP contribution >= 0.6 is 0 Å². The van der Waals surface area contributed by atoms with Crippen LogP contribution in [0.25, 0.3) is 22.2 Å². The minimum Gasteiger partial charge on any atom is -0.464 e. The number of esters is 1. The average Bonchev–Trinajstić information content (AvgIpc) is 3.60. The SMILES string of the molecule is C=CC(=O)N1CCC(F)(C(=O)N(C)[C@H](C(=O)N[C@H]2C[C@H]3CN(CCO3)c3ccc4c(c3)c(c(-c3cccnc3C(C)C)n4CC)CC(C)(C)COC(=O)[C@@H]3CCCN(N3)C2=O)C(C)C)CC1. The molecule has 4 atom stereocenters. The number of hydrogen-bond acceptors (Lipinski definition) is 10. The summed E-state index contributed by atoms with van der Waals surface area (Å²) in [5.74, 6) is -3.02. The molecule has 0 unspecified atom stereocenters. The van der Waals surface area contributed by atoms with E-state index in [-0.39, 0.29) is 57.3 Å². The number of likely N-dealkylation sites (tertiary alicyclic amines) is 1. The third kappa shape index (κ3) is 10.00. The monoisotopic (exact) mass is 913 g/mol. The van der Waals surface area contributed by atoms with Gasteiger partial charge in [0.25, 0.3) is 11.8 Å². The van der Waals surface area contributed by atoms with Crippen molar-refractivity contribution in [2.24, 2.45) is 11.3 Å². The number of nitrogens with zero attached hydrogens (tertiary/aromatic N) is 6. The third-order valence-corrected chi connectivity index (χ3v) is 13.8. The second-order valence-corrected chi connectivity index (χ2v) is 20.0. The number of hydrogen-bond donors (Lipinski definition) is 2. The molecule has 6 bridgehead atoms. The summed E-state index contributed by atoms with van der Waals surface area (Å²) in [6.07, 6.45) is 3.74. The van der Waals surface area contributed by atoms with Gasteiger partial charge in [-0.15, -0.1) is 0 Å². The lowest BCUT2D eigenvalue weighted by atomic mass is 9.84. The van der Waals surface area contributed by atoms with Gasteiger partial charge >= 0.3 is 5.97 Å². The Morgan fingerprint density at radius 3 is 2.52 bits per heavy atom. The van der Waals surface area contributed by atoms with E-state index >= 15 is 4.39 Å². The maximum Gasteiger partial charge on any atom is 0.324 e. The predicted molar refractivity (Wildman–Crippen MR) is 251 cm³/mol. The minimum atomic E-state index is -2.29. The molecule has 7 rings (SSSR count). The van der Waals surface area contributed by atoms with Crippen molar-refractivity contribution < 1.29 is 37.8 Å². The van der Waals surface area contributed by atoms with E-state index in [1.807, 2.05) is 12.3 Å². The van der Waals surface area contributed by atoms with E-state index in [4.69, 9.17) is 14.5 Å². The number of nitrogens with one attached hydrogen (secondary N) is 2. The molecule has 0 spiro atoms. The van der Waals surface area contributed by atoms with Crippen LogP contribution in [0.3, 0.4) is 0 Å². The molecule has 4 aliphatic heterocycles. The first-order chi connectivity index (χ1) is 31.4. The first-order valence-corrected chi connectivity index (χ1v) is 23.7. The van der Waals surface area contributed by atoms with Crippen LogP contribution in [0.4, 0.5) is 10.1 Å². The lowest BCUT2D eigenvalue weighted by Crippen LogP contribution is -2.63. The number of carbonyl (C=O) groups excluding carboxylic acids is 5. The molecule has 4 amide bonds. The number of anilines is 1. The number of fused-ring (bicyclic) bond motifs is 6. The summed E-state index contributed by atoms with van der Waals surface area (Å²) in [5, 5.41) is 5.46. The molecule has 0 aliphatic carbocycles. The molecule has 0 radical (unpaired) electrons. The van der Waals surface area contributed by atoms with E-state index in [0.717, 1.165) is 56.6 Å². The number of rotatable bonds is 9. The maximum atomic E-state index is 16.4. The Morgan fingerprint density at radius 2 is 1.83 bits per heavy atom. The van der Waals surface area contributed by atoms with Crippen LogP contribution in [-0.2, 0) is 46.4 Å². The van der Waals surface area contributed by atoms with Crippen LogP contribution in [0.2, 0.25) is 0 Å². The molecule has 66 heavy (non-hydrogen) atoms. The van der Waals surface area contributed by atoms with Crippen molar-refractivity contribution in [3.05, 3.63) is 60.4 Å². The van der Waals surface area contributed by atoms with Gasteiger partial charge in [0.15, 0.2) is 5.67 Å². The summed E-state index contributed by atoms with van der Waals surface area (Å²) < 4.78 is 31.2. The molecule has 2 aromatic heterocycles. The van der Waals surface area contributed by atoms with Crippen molar-refractivity contribution in [3.8, 4) is 11.3 Å². The molecule has 15 nitrogen and oxygen atoms in total. The van der Waals surface area contributed by atoms with Crippen LogP contribution in [0.5, 0.6) is 0 Å². The minimum absolute atomic E-state index is 0.0374. The average molecular weight is 913 g/mol. The van der Waals surface area contributed by atoms with Crippen LogP contribution in [0.1, 0.15) is 97.7 Å². The van der Waals surface area contributed by atoms with Crippen LogP contribution in [0.15, 0.2) is 49.2 Å². The number of alkyl halides is 1. The van der Waals surface area contributed by atoms with E-state index in [2.05, 4.69) is 85.7 Å². The summed E-state index contributed by atoms with van der Waals surface area (Å²) in [7, 11) is 1.41. The molecule has 1 aromatic carbocycles. The van der Waals surface area contributed by atoms with E-state index in [1.54, 1.807) is 13.8 Å². The fourth-order valence-electron chi connectivity index (χ4n) is 10.3. The lowest BCUT2D eigenvalue weighted by Gasteiger charge is -2.41. The van der Waals surface area contributed by atoms with Gasteiger partial charge in [-0.1, -0.05) is 48.1 Å². The van der Waals surface area contributed by atoms with Crippen LogP contribution in [-0.4, -0.2) is 137 Å². The van der Waals surface area contributed by atoms with Gasteiger partial charge in [-0.3, -0.25) is 34.0 Å². The smallest absolute Gasteiger partial charge is 0.324 e. The molecular weight excluding hydrogens is 844 g/mol. The van der Waals surface area contributed by atoms with Crippen molar-refractivity contribution in [2.45, 2.75) is 129 Å². The quantitative estimate of drug-likeness (QED) is 0.206. The summed E-state index contributed by atoms with van der Waals surface area (Å²) in [5.41, 5.74) is 6.78. The summed E-state index contributed by atoms with van der Waals surface area (Å²) in [6.45, 7) is 20.4. The molecule has 358 valence electrons. The highest BCUT2D eigenvalue weighted by Gasteiger charge is 2.47. The molecule has 6 heterocycles. The Kier molecular flexibility index (Phi) is 14.6. The molecule has 3 fully saturated rings. The highest BCUT2D eigenvalue weighted by atomic mass is 19.1. The number of carbonyl (C=O) groups is 5. The standard InChI is InChI=1S/C50H69FN8O7/c1-10-41(60)56-22-18-50(51,19-23-56)48(64)55(9)43(32(5)6)45(61)53-39-27-34-29-57(24-25-65-34)33-16-17-40-36(26-33)37(44(58(40)11-2)35-14-12-20-52-42(35)31(3)4)28-49(7,8)30-66-47(63)38-15-13-21-59(54-38)46(39)62/h10,12,14,16-17,20,26,31-32,34,38-39,43,54H,1,11,13,15,18-19,21-25,27-30H2,2-9H3,(H,53,61)/t34-,38-,39-,43-/m0/s1. The maximum absolute atomic E-state index is 16.4. The topological polar surface area (TPSA) is 159 Å². The van der Waals surface area contributed by atoms with Gasteiger partial charge in [0.2, 0.25) is 11.8 Å². The Morgan fingerprint density at radius 1 is 1.09 bits per heavy atom. The third-order valence-electron chi connectivity index (χ3n) is 13.8. The molecule has 16 heteroatoms. The number of likely N-dealkylation sites (N-methyl/N-ethyl adjacent to an activating group) is 1. The van der Waals surface area contributed by atoms with Gasteiger partial charge < -0.3 is 34.1 Å². The molecular formula is C50H69FN8O7. The fraction of sp³-hybridized carbons (Fsp3) is 0.600. The summed E-state index contributed by atoms with van der Waals surface area (Å²) in [4.78, 5) is 78.9. The van der Waals surface area contributed by atoms with Gasteiger partial charge in [-0.25, -0.2) is 9.82 Å². The van der Waals surface area contributed by atoms with Gasteiger partial charge in [0, 0.05) is 99.3 Å². The van der Waals surface area contributed by atoms with Crippen molar-refractivity contribution in [1.82, 2.24) is 35.1 Å². The zero-order chi connectivity index (χ0) is 47.7. The lowest BCUT2D eigenvalue weighted by molar-refractivity contribution is -0.156. The number of morpholine rings is 1. The number of pyridine rings is 1. The van der Waals surface area contributed by atoms with Gasteiger partial charge in [-0.2, -0.15) is 0 Å². The Hall–Kier alpha value is -5.35. The summed E-state index contributed by atoms with van der Waals surface area (Å²) >= 11 is 0. The second-order valence-electron chi connectivity index (χ2n) is 20.0. The Labute approximate surface area is 388 Å². The number of cyclic esters (lactones) is 1. The summed E-state index contributed by atoms with van der Waals surface area (Å²) in [6, 6.07) is 7.60. The number of aromatic nitrogens is 2. The molecule has 3 saturated heterocycles. The van der Waals surface area contributed by atoms with Crippen molar-refractivity contribution >= 4 is 46.2 Å². The highest BCUT2D eigenvalue weighted by Crippen LogP contribution is 2.42. The van der Waals surface area contributed by atoms with Crippen molar-refractivity contribution in [1.29, 1.82) is 0 Å². The number of ether oxygens (including phenoxy) is 2. The zero-order valence-corrected chi connectivity index (χ0v) is 40.0. The van der Waals surface area contributed by atoms with Gasteiger partial charge in [0.05, 0.1) is 30.7 Å². The fourth-order valence-corrected chi connectivity index (χ4v) is 10.3. The van der Waals surface area contributed by atoms with E-state index in [0.29, 0.717) is 39.0 Å². The number of hydrazine groups is 1. The van der Waals surface area contributed by atoms with Crippen LogP contribution < -0.4 is 15.6 Å². The largest absolute Gasteiger partial charge is 0.464 e. The van der Waals surface area contributed by atoms with Crippen molar-refractivity contribution in [3.63, 3.8) is 0 Å². The van der Waals surface area contributed by atoms with E-state index < -0.39 is 64.9 Å². The molecule has 3 aromatic rings. The Balaban J connectivity index is 1.23. The number of benzene rings is 1. The van der Waals surface area contributed by atoms with Crippen LogP contribution in [0, 0.1) is 11.3 Å². The predicted octanol–water partition coefficient (Wildman–Crippen LogP) is 5.55. The first kappa shape index (κ1) is 48.6. The Bertz CT molecular complexity index is 2320. The number of amides is 4. The van der Waals surface area contributed by atoms with Gasteiger partial charge in [0.1, 0.15) is 18.1 Å². The first-order valence-electron chi connectivity index (χ1n) is 23.7. The highest BCUT2D eigenvalue weighted by molar-refractivity contribution is 5.96. The van der Waals surface area contributed by atoms with E-state index in [1.165, 1.54) is 17.0 Å².